The molecule has 100 valence electrons. The Morgan fingerprint density at radius 1 is 1.44 bits per heavy atom. The van der Waals surface area contributed by atoms with Crippen molar-refractivity contribution in [1.82, 2.24) is 14.9 Å². The molecule has 0 aliphatic carbocycles. The molecule has 0 saturated carbocycles. The van der Waals surface area contributed by atoms with Crippen LogP contribution in [0.5, 0.6) is 5.88 Å². The van der Waals surface area contributed by atoms with Crippen LogP contribution in [0.25, 0.3) is 0 Å². The minimum absolute atomic E-state index is 0.545. The summed E-state index contributed by atoms with van der Waals surface area (Å²) in [6.45, 7) is 4.20. The standard InChI is InChI=1S/C12H19BrN4O/c1-8-6-17(7-10(8)16(2)3)12-14-5-9(13)11(15-12)18-4/h5,8,10H,6-7H2,1-4H3. The van der Waals surface area contributed by atoms with Crippen molar-refractivity contribution in [3.8, 4) is 5.88 Å². The van der Waals surface area contributed by atoms with E-state index in [-0.39, 0.29) is 0 Å². The second-order valence-electron chi connectivity index (χ2n) is 4.94. The summed E-state index contributed by atoms with van der Waals surface area (Å²) >= 11 is 3.37. The normalized spacial score (nSPS) is 23.8. The van der Waals surface area contributed by atoms with Gasteiger partial charge in [0.2, 0.25) is 11.8 Å². The fourth-order valence-corrected chi connectivity index (χ4v) is 2.78. The zero-order chi connectivity index (χ0) is 13.3. The van der Waals surface area contributed by atoms with Crippen molar-refractivity contribution >= 4 is 21.9 Å². The van der Waals surface area contributed by atoms with Gasteiger partial charge in [-0.25, -0.2) is 4.98 Å². The van der Waals surface area contributed by atoms with Gasteiger partial charge in [0.1, 0.15) is 0 Å². The molecule has 2 unspecified atom stereocenters. The Hall–Kier alpha value is -0.880. The molecule has 1 aromatic heterocycles. The number of methoxy groups -OCH3 is 1. The minimum atomic E-state index is 0.545. The third kappa shape index (κ3) is 2.59. The highest BCUT2D eigenvalue weighted by Gasteiger charge is 2.32. The number of nitrogens with zero attached hydrogens (tertiary/aromatic N) is 4. The van der Waals surface area contributed by atoms with Gasteiger partial charge in [-0.2, -0.15) is 4.98 Å². The SMILES string of the molecule is COc1nc(N2CC(C)C(N(C)C)C2)ncc1Br. The van der Waals surface area contributed by atoms with Gasteiger partial charge in [-0.1, -0.05) is 6.92 Å². The van der Waals surface area contributed by atoms with Crippen molar-refractivity contribution in [2.24, 2.45) is 5.92 Å². The highest BCUT2D eigenvalue weighted by molar-refractivity contribution is 9.10. The van der Waals surface area contributed by atoms with Crippen LogP contribution in [0, 0.1) is 5.92 Å². The number of ether oxygens (including phenoxy) is 1. The highest BCUT2D eigenvalue weighted by Crippen LogP contribution is 2.27. The molecule has 0 radical (unpaired) electrons. The monoisotopic (exact) mass is 314 g/mol. The molecule has 1 saturated heterocycles. The van der Waals surface area contributed by atoms with E-state index in [1.165, 1.54) is 0 Å². The summed E-state index contributed by atoms with van der Waals surface area (Å²) in [5.74, 6) is 1.94. The summed E-state index contributed by atoms with van der Waals surface area (Å²) in [5, 5.41) is 0. The van der Waals surface area contributed by atoms with Crippen LogP contribution in [0.15, 0.2) is 10.7 Å². The van der Waals surface area contributed by atoms with E-state index in [4.69, 9.17) is 4.74 Å². The molecule has 2 heterocycles. The Labute approximate surface area is 116 Å². The first-order valence-electron chi connectivity index (χ1n) is 6.00. The maximum absolute atomic E-state index is 5.21. The lowest BCUT2D eigenvalue weighted by atomic mass is 10.1. The van der Waals surface area contributed by atoms with Crippen LogP contribution in [0.2, 0.25) is 0 Å². The number of hydrogen-bond acceptors (Lipinski definition) is 5. The number of likely N-dealkylation sites (N-methyl/N-ethyl adjacent to an activating group) is 1. The lowest BCUT2D eigenvalue weighted by molar-refractivity contribution is 0.266. The molecule has 5 nitrogen and oxygen atoms in total. The van der Waals surface area contributed by atoms with Crippen LogP contribution in [0.3, 0.4) is 0 Å². The van der Waals surface area contributed by atoms with E-state index in [2.05, 4.69) is 56.7 Å². The molecule has 2 rings (SSSR count). The fraction of sp³-hybridized carbons (Fsp3) is 0.667. The molecule has 0 spiro atoms. The molecule has 1 aliphatic rings. The third-order valence-corrected chi connectivity index (χ3v) is 3.96. The van der Waals surface area contributed by atoms with E-state index in [0.29, 0.717) is 17.8 Å². The zero-order valence-corrected chi connectivity index (χ0v) is 12.8. The summed E-state index contributed by atoms with van der Waals surface area (Å²) in [7, 11) is 5.85. The van der Waals surface area contributed by atoms with Gasteiger partial charge >= 0.3 is 0 Å². The maximum atomic E-state index is 5.21. The van der Waals surface area contributed by atoms with Gasteiger partial charge in [0, 0.05) is 19.1 Å². The Kier molecular flexibility index (Phi) is 4.07. The smallest absolute Gasteiger partial charge is 0.232 e. The highest BCUT2D eigenvalue weighted by atomic mass is 79.9. The molecule has 6 heteroatoms. The van der Waals surface area contributed by atoms with Gasteiger partial charge < -0.3 is 14.5 Å². The summed E-state index contributed by atoms with van der Waals surface area (Å²) < 4.78 is 5.99. The first-order chi connectivity index (χ1) is 8.52. The maximum Gasteiger partial charge on any atom is 0.232 e. The van der Waals surface area contributed by atoms with Crippen molar-refractivity contribution in [1.29, 1.82) is 0 Å². The quantitative estimate of drug-likeness (QED) is 0.848. The molecule has 1 aromatic rings. The molecule has 0 bridgehead atoms. The van der Waals surface area contributed by atoms with Crippen LogP contribution in [-0.4, -0.2) is 55.2 Å². The van der Waals surface area contributed by atoms with Crippen molar-refractivity contribution in [3.63, 3.8) is 0 Å². The van der Waals surface area contributed by atoms with Crippen LogP contribution in [0.4, 0.5) is 5.95 Å². The lowest BCUT2D eigenvalue weighted by Crippen LogP contribution is -2.34. The summed E-state index contributed by atoms with van der Waals surface area (Å²) in [6, 6.07) is 0.545. The van der Waals surface area contributed by atoms with Gasteiger partial charge in [-0.3, -0.25) is 0 Å². The van der Waals surface area contributed by atoms with Crippen LogP contribution >= 0.6 is 15.9 Å². The lowest BCUT2D eigenvalue weighted by Gasteiger charge is -2.22. The second kappa shape index (κ2) is 5.40. The summed E-state index contributed by atoms with van der Waals surface area (Å²) in [5.41, 5.74) is 0. The summed E-state index contributed by atoms with van der Waals surface area (Å²) in [6.07, 6.45) is 1.74. The van der Waals surface area contributed by atoms with Crippen LogP contribution in [0.1, 0.15) is 6.92 Å². The Bertz CT molecular complexity index is 427. The largest absolute Gasteiger partial charge is 0.480 e. The topological polar surface area (TPSA) is 41.5 Å². The predicted molar refractivity (Wildman–Crippen MR) is 75.1 cm³/mol. The molecule has 1 aliphatic heterocycles. The van der Waals surface area contributed by atoms with Gasteiger partial charge in [0.15, 0.2) is 0 Å². The first kappa shape index (κ1) is 13.5. The minimum Gasteiger partial charge on any atom is -0.480 e. The fourth-order valence-electron chi connectivity index (χ4n) is 2.42. The second-order valence-corrected chi connectivity index (χ2v) is 5.79. The van der Waals surface area contributed by atoms with Crippen molar-refractivity contribution in [3.05, 3.63) is 10.7 Å². The number of aromatic nitrogens is 2. The van der Waals surface area contributed by atoms with Gasteiger partial charge in [-0.05, 0) is 35.9 Å². The van der Waals surface area contributed by atoms with E-state index in [9.17, 15) is 0 Å². The number of halogens is 1. The van der Waals surface area contributed by atoms with Crippen LogP contribution in [-0.2, 0) is 0 Å². The third-order valence-electron chi connectivity index (χ3n) is 3.41. The number of anilines is 1. The van der Waals surface area contributed by atoms with Gasteiger partial charge in [-0.15, -0.1) is 0 Å². The molecule has 18 heavy (non-hydrogen) atoms. The zero-order valence-electron chi connectivity index (χ0n) is 11.2. The Morgan fingerprint density at radius 3 is 2.72 bits per heavy atom. The molecule has 0 aromatic carbocycles. The molecule has 0 amide bonds. The van der Waals surface area contributed by atoms with E-state index >= 15 is 0 Å². The van der Waals surface area contributed by atoms with Crippen LogP contribution < -0.4 is 9.64 Å². The van der Waals surface area contributed by atoms with E-state index in [1.807, 2.05) is 0 Å². The first-order valence-corrected chi connectivity index (χ1v) is 6.80. The van der Waals surface area contributed by atoms with Gasteiger partial charge in [0.25, 0.3) is 0 Å². The van der Waals surface area contributed by atoms with Crippen molar-refractivity contribution in [2.75, 3.05) is 39.2 Å². The molecule has 0 N–H and O–H groups in total. The predicted octanol–water partition coefficient (Wildman–Crippen LogP) is 1.63. The van der Waals surface area contributed by atoms with E-state index in [0.717, 1.165) is 23.5 Å². The molecule has 1 fully saturated rings. The van der Waals surface area contributed by atoms with Crippen molar-refractivity contribution in [2.45, 2.75) is 13.0 Å². The number of rotatable bonds is 3. The average Bonchev–Trinajstić information content (AvgIpc) is 2.72. The van der Waals surface area contributed by atoms with Gasteiger partial charge in [0.05, 0.1) is 17.8 Å². The molecular formula is C12H19BrN4O. The van der Waals surface area contributed by atoms with E-state index < -0.39 is 0 Å². The summed E-state index contributed by atoms with van der Waals surface area (Å²) in [4.78, 5) is 13.3. The van der Waals surface area contributed by atoms with E-state index in [1.54, 1.807) is 13.3 Å². The Morgan fingerprint density at radius 2 is 2.17 bits per heavy atom. The molecule has 2 atom stereocenters. The number of hydrogen-bond donors (Lipinski definition) is 0. The van der Waals surface area contributed by atoms with Crippen molar-refractivity contribution < 1.29 is 4.74 Å². The Balaban J connectivity index is 2.18. The molecular weight excluding hydrogens is 296 g/mol. The average molecular weight is 315 g/mol.